The molecule has 1 aromatic heterocycles. The van der Waals surface area contributed by atoms with Crippen molar-refractivity contribution < 1.29 is 4.79 Å². The van der Waals surface area contributed by atoms with E-state index in [-0.39, 0.29) is 5.91 Å². The molecule has 1 aliphatic rings. The second-order valence-electron chi connectivity index (χ2n) is 4.50. The van der Waals surface area contributed by atoms with Gasteiger partial charge in [-0.05, 0) is 32.0 Å². The summed E-state index contributed by atoms with van der Waals surface area (Å²) in [7, 11) is 1.93. The van der Waals surface area contributed by atoms with Crippen molar-refractivity contribution in [1.82, 2.24) is 10.2 Å². The fourth-order valence-corrected chi connectivity index (χ4v) is 3.18. The van der Waals surface area contributed by atoms with Crippen molar-refractivity contribution in [2.24, 2.45) is 0 Å². The largest absolute Gasteiger partial charge is 0.338 e. The van der Waals surface area contributed by atoms with E-state index in [1.165, 1.54) is 17.7 Å². The molecule has 3 nitrogen and oxygen atoms in total. The molecule has 2 rings (SSSR count). The number of nitrogens with zero attached hydrogens (tertiary/aromatic N) is 1. The van der Waals surface area contributed by atoms with Crippen LogP contribution in [0.15, 0.2) is 12.1 Å². The zero-order valence-corrected chi connectivity index (χ0v) is 11.2. The lowest BCUT2D eigenvalue weighted by Crippen LogP contribution is -2.31. The molecule has 0 radical (unpaired) electrons. The average molecular weight is 252 g/mol. The maximum absolute atomic E-state index is 12.3. The lowest BCUT2D eigenvalue weighted by molar-refractivity contribution is 0.0766. The SMILES string of the molecule is CNCc1ccc(C(=O)N2CCCCCC2)s1. The van der Waals surface area contributed by atoms with Crippen LogP contribution < -0.4 is 5.32 Å². The zero-order chi connectivity index (χ0) is 12.1. The molecule has 1 aliphatic heterocycles. The molecule has 4 heteroatoms. The first-order valence-electron chi connectivity index (χ1n) is 6.34. The lowest BCUT2D eigenvalue weighted by Gasteiger charge is -2.19. The Bertz CT molecular complexity index is 367. The van der Waals surface area contributed by atoms with Crippen LogP contribution in [-0.4, -0.2) is 30.9 Å². The molecule has 0 aromatic carbocycles. The minimum absolute atomic E-state index is 0.222. The second-order valence-corrected chi connectivity index (χ2v) is 5.67. The molecule has 0 saturated carbocycles. The topological polar surface area (TPSA) is 32.3 Å². The van der Waals surface area contributed by atoms with Crippen LogP contribution in [0.3, 0.4) is 0 Å². The van der Waals surface area contributed by atoms with Crippen molar-refractivity contribution in [3.05, 3.63) is 21.9 Å². The van der Waals surface area contributed by atoms with Crippen molar-refractivity contribution >= 4 is 17.2 Å². The van der Waals surface area contributed by atoms with Gasteiger partial charge < -0.3 is 10.2 Å². The standard InChI is InChI=1S/C13H20N2OS/c1-14-10-11-6-7-12(17-11)13(16)15-8-4-2-3-5-9-15/h6-7,14H,2-5,8-10H2,1H3. The summed E-state index contributed by atoms with van der Waals surface area (Å²) in [6.07, 6.45) is 4.83. The monoisotopic (exact) mass is 252 g/mol. The predicted molar refractivity (Wildman–Crippen MR) is 71.5 cm³/mol. The molecule has 1 aromatic rings. The Morgan fingerprint density at radius 3 is 2.65 bits per heavy atom. The molecule has 1 fully saturated rings. The Balaban J connectivity index is 2.01. The van der Waals surface area contributed by atoms with E-state index in [1.54, 1.807) is 11.3 Å². The number of rotatable bonds is 3. The number of carbonyl (C=O) groups is 1. The van der Waals surface area contributed by atoms with Crippen LogP contribution in [0.1, 0.15) is 40.2 Å². The van der Waals surface area contributed by atoms with E-state index in [4.69, 9.17) is 0 Å². The summed E-state index contributed by atoms with van der Waals surface area (Å²) in [6, 6.07) is 4.01. The van der Waals surface area contributed by atoms with Gasteiger partial charge in [-0.15, -0.1) is 11.3 Å². The average Bonchev–Trinajstić information content (AvgIpc) is 2.64. The van der Waals surface area contributed by atoms with E-state index in [1.807, 2.05) is 24.1 Å². The fourth-order valence-electron chi connectivity index (χ4n) is 2.19. The first-order chi connectivity index (χ1) is 8.31. The van der Waals surface area contributed by atoms with Crippen LogP contribution in [0.2, 0.25) is 0 Å². The van der Waals surface area contributed by atoms with Gasteiger partial charge in [0.1, 0.15) is 0 Å². The fraction of sp³-hybridized carbons (Fsp3) is 0.615. The molecule has 17 heavy (non-hydrogen) atoms. The van der Waals surface area contributed by atoms with Crippen LogP contribution in [-0.2, 0) is 6.54 Å². The highest BCUT2D eigenvalue weighted by molar-refractivity contribution is 7.14. The highest BCUT2D eigenvalue weighted by Gasteiger charge is 2.18. The summed E-state index contributed by atoms with van der Waals surface area (Å²) in [5.74, 6) is 0.222. The molecule has 1 amide bonds. The smallest absolute Gasteiger partial charge is 0.263 e. The molecule has 0 spiro atoms. The summed E-state index contributed by atoms with van der Waals surface area (Å²) in [5.41, 5.74) is 0. The molecular weight excluding hydrogens is 232 g/mol. The number of thiophene rings is 1. The van der Waals surface area contributed by atoms with E-state index >= 15 is 0 Å². The highest BCUT2D eigenvalue weighted by Crippen LogP contribution is 2.20. The number of carbonyl (C=O) groups excluding carboxylic acids is 1. The van der Waals surface area contributed by atoms with Gasteiger partial charge in [0.2, 0.25) is 0 Å². The predicted octanol–water partition coefficient (Wildman–Crippen LogP) is 2.48. The Morgan fingerprint density at radius 1 is 1.29 bits per heavy atom. The highest BCUT2D eigenvalue weighted by atomic mass is 32.1. The van der Waals surface area contributed by atoms with Gasteiger partial charge in [0.25, 0.3) is 5.91 Å². The third kappa shape index (κ3) is 3.30. The Hall–Kier alpha value is -0.870. The number of amides is 1. The summed E-state index contributed by atoms with van der Waals surface area (Å²) in [4.78, 5) is 16.4. The third-order valence-corrected chi connectivity index (χ3v) is 4.19. The van der Waals surface area contributed by atoms with Gasteiger partial charge in [-0.2, -0.15) is 0 Å². The molecule has 94 valence electrons. The van der Waals surface area contributed by atoms with E-state index < -0.39 is 0 Å². The maximum atomic E-state index is 12.3. The number of hydrogen-bond acceptors (Lipinski definition) is 3. The van der Waals surface area contributed by atoms with E-state index in [0.717, 1.165) is 37.4 Å². The van der Waals surface area contributed by atoms with E-state index in [2.05, 4.69) is 5.32 Å². The van der Waals surface area contributed by atoms with Crippen LogP contribution in [0, 0.1) is 0 Å². The Kier molecular flexibility index (Phi) is 4.57. The summed E-state index contributed by atoms with van der Waals surface area (Å²) in [5, 5.41) is 3.11. The lowest BCUT2D eigenvalue weighted by atomic mass is 10.2. The Labute approximate surface area is 107 Å². The number of nitrogens with one attached hydrogen (secondary N) is 1. The van der Waals surface area contributed by atoms with Crippen molar-refractivity contribution in [3.8, 4) is 0 Å². The summed E-state index contributed by atoms with van der Waals surface area (Å²) < 4.78 is 0. The maximum Gasteiger partial charge on any atom is 0.263 e. The minimum atomic E-state index is 0.222. The van der Waals surface area contributed by atoms with Crippen molar-refractivity contribution in [3.63, 3.8) is 0 Å². The van der Waals surface area contributed by atoms with Crippen molar-refractivity contribution in [2.45, 2.75) is 32.2 Å². The molecule has 0 aliphatic carbocycles. The molecular formula is C13H20N2OS. The normalized spacial score (nSPS) is 16.9. The molecule has 1 N–H and O–H groups in total. The zero-order valence-electron chi connectivity index (χ0n) is 10.4. The van der Waals surface area contributed by atoms with Gasteiger partial charge in [0.05, 0.1) is 4.88 Å². The van der Waals surface area contributed by atoms with Gasteiger partial charge in [-0.25, -0.2) is 0 Å². The molecule has 0 unspecified atom stereocenters. The third-order valence-electron chi connectivity index (χ3n) is 3.12. The van der Waals surface area contributed by atoms with Gasteiger partial charge in [0, 0.05) is 24.5 Å². The van der Waals surface area contributed by atoms with Gasteiger partial charge in [-0.1, -0.05) is 12.8 Å². The molecule has 2 heterocycles. The van der Waals surface area contributed by atoms with Crippen LogP contribution in [0.5, 0.6) is 0 Å². The van der Waals surface area contributed by atoms with Gasteiger partial charge in [0.15, 0.2) is 0 Å². The molecule has 1 saturated heterocycles. The van der Waals surface area contributed by atoms with Crippen LogP contribution in [0.25, 0.3) is 0 Å². The molecule has 0 bridgehead atoms. The van der Waals surface area contributed by atoms with Crippen molar-refractivity contribution in [2.75, 3.05) is 20.1 Å². The van der Waals surface area contributed by atoms with Gasteiger partial charge >= 0.3 is 0 Å². The minimum Gasteiger partial charge on any atom is -0.338 e. The first kappa shape index (κ1) is 12.6. The molecule has 0 atom stereocenters. The second kappa shape index (κ2) is 6.17. The summed E-state index contributed by atoms with van der Waals surface area (Å²) in [6.45, 7) is 2.70. The van der Waals surface area contributed by atoms with Crippen molar-refractivity contribution in [1.29, 1.82) is 0 Å². The number of hydrogen-bond donors (Lipinski definition) is 1. The van der Waals surface area contributed by atoms with Crippen LogP contribution in [0.4, 0.5) is 0 Å². The Morgan fingerprint density at radius 2 is 2.00 bits per heavy atom. The number of likely N-dealkylation sites (tertiary alicyclic amines) is 1. The van der Waals surface area contributed by atoms with Gasteiger partial charge in [-0.3, -0.25) is 4.79 Å². The van der Waals surface area contributed by atoms with Crippen LogP contribution >= 0.6 is 11.3 Å². The van der Waals surface area contributed by atoms with E-state index in [0.29, 0.717) is 0 Å². The summed E-state index contributed by atoms with van der Waals surface area (Å²) >= 11 is 1.61. The first-order valence-corrected chi connectivity index (χ1v) is 7.15. The van der Waals surface area contributed by atoms with E-state index in [9.17, 15) is 4.79 Å². The quantitative estimate of drug-likeness (QED) is 0.896.